The summed E-state index contributed by atoms with van der Waals surface area (Å²) in [6, 6.07) is 3.97. The van der Waals surface area contributed by atoms with Crippen molar-refractivity contribution in [1.82, 2.24) is 0 Å². The van der Waals surface area contributed by atoms with Gasteiger partial charge in [0.15, 0.2) is 0 Å². The molecule has 0 aromatic heterocycles. The topological polar surface area (TPSA) is 81.4 Å². The number of nitrogens with zero attached hydrogens (tertiary/aromatic N) is 2. The van der Waals surface area contributed by atoms with E-state index >= 15 is 0 Å². The maximum Gasteiger partial charge on any atom is 0.417 e. The largest absolute Gasteiger partial charge is 0.417 e. The molecule has 1 aliphatic heterocycles. The zero-order valence-electron chi connectivity index (χ0n) is 13.8. The van der Waals surface area contributed by atoms with Gasteiger partial charge in [0.2, 0.25) is 10.0 Å². The number of fused-ring (bicyclic) bond motifs is 5. The number of anilines is 1. The molecule has 1 aromatic rings. The predicted octanol–water partition coefficient (Wildman–Crippen LogP) is 2.50. The van der Waals surface area contributed by atoms with Crippen LogP contribution < -0.4 is 4.31 Å². The Morgan fingerprint density at radius 3 is 2.62 bits per heavy atom. The van der Waals surface area contributed by atoms with Crippen molar-refractivity contribution in [2.45, 2.75) is 43.3 Å². The highest BCUT2D eigenvalue weighted by atomic mass is 32.2. The minimum absolute atomic E-state index is 0.0767. The lowest BCUT2D eigenvalue weighted by atomic mass is 9.82. The first-order valence-corrected chi connectivity index (χ1v) is 9.90. The van der Waals surface area contributed by atoms with E-state index in [-0.39, 0.29) is 23.4 Å². The summed E-state index contributed by atoms with van der Waals surface area (Å²) < 4.78 is 67.0. The van der Waals surface area contributed by atoms with Crippen molar-refractivity contribution in [3.05, 3.63) is 29.3 Å². The van der Waals surface area contributed by atoms with Gasteiger partial charge in [-0.3, -0.25) is 4.31 Å². The number of benzene rings is 1. The molecule has 0 unspecified atom stereocenters. The van der Waals surface area contributed by atoms with Gasteiger partial charge in [-0.25, -0.2) is 8.42 Å². The number of nitriles is 1. The van der Waals surface area contributed by atoms with Crippen LogP contribution in [0.1, 0.15) is 30.9 Å². The molecule has 3 aliphatic rings. The van der Waals surface area contributed by atoms with Crippen LogP contribution in [0.25, 0.3) is 0 Å². The molecule has 1 aromatic carbocycles. The first-order chi connectivity index (χ1) is 12.1. The lowest BCUT2D eigenvalue weighted by molar-refractivity contribution is -0.137. The van der Waals surface area contributed by atoms with Crippen molar-refractivity contribution in [2.24, 2.45) is 17.8 Å². The molecule has 9 heteroatoms. The molecule has 4 rings (SSSR count). The molecule has 2 bridgehead atoms. The summed E-state index contributed by atoms with van der Waals surface area (Å²) in [5.74, 6) is -0.586. The van der Waals surface area contributed by atoms with Crippen LogP contribution in [-0.2, 0) is 16.2 Å². The van der Waals surface area contributed by atoms with Gasteiger partial charge >= 0.3 is 6.18 Å². The third-order valence-corrected chi connectivity index (χ3v) is 8.66. The van der Waals surface area contributed by atoms with Gasteiger partial charge in [0.05, 0.1) is 34.2 Å². The molecule has 3 fully saturated rings. The molecular formula is C17H17F3N2O3S. The van der Waals surface area contributed by atoms with Gasteiger partial charge in [-0.05, 0) is 49.8 Å². The molecule has 26 heavy (non-hydrogen) atoms. The number of rotatable bonds is 1. The van der Waals surface area contributed by atoms with Crippen LogP contribution >= 0.6 is 0 Å². The molecule has 1 heterocycles. The van der Waals surface area contributed by atoms with Gasteiger partial charge in [-0.1, -0.05) is 0 Å². The Balaban J connectivity index is 1.81. The van der Waals surface area contributed by atoms with E-state index in [9.17, 15) is 26.7 Å². The molecule has 0 spiro atoms. The van der Waals surface area contributed by atoms with Crippen LogP contribution in [0.4, 0.5) is 18.9 Å². The monoisotopic (exact) mass is 386 g/mol. The van der Waals surface area contributed by atoms with E-state index in [4.69, 9.17) is 5.26 Å². The van der Waals surface area contributed by atoms with E-state index in [2.05, 4.69) is 0 Å². The van der Waals surface area contributed by atoms with E-state index in [0.29, 0.717) is 12.8 Å². The minimum Gasteiger partial charge on any atom is -0.393 e. The fraction of sp³-hybridized carbons (Fsp3) is 0.588. The molecule has 140 valence electrons. The van der Waals surface area contributed by atoms with E-state index in [1.54, 1.807) is 6.92 Å². The van der Waals surface area contributed by atoms with Gasteiger partial charge < -0.3 is 5.11 Å². The average Bonchev–Trinajstić information content (AvgIpc) is 3.16. The summed E-state index contributed by atoms with van der Waals surface area (Å²) in [5, 5.41) is 18.4. The summed E-state index contributed by atoms with van der Waals surface area (Å²) in [5.41, 5.74) is -1.76. The third kappa shape index (κ3) is 2.21. The molecule has 5 nitrogen and oxygen atoms in total. The lowest BCUT2D eigenvalue weighted by Crippen LogP contribution is -2.37. The Kier molecular flexibility index (Phi) is 3.63. The van der Waals surface area contributed by atoms with E-state index < -0.39 is 44.7 Å². The van der Waals surface area contributed by atoms with Gasteiger partial charge in [0, 0.05) is 12.0 Å². The standard InChI is InChI=1S/C17H17F3N2O3S/c1-8-15-12-4-10(5-14(12)23)16(15)26(24,25)22(8)11-3-2-9(7-21)13(6-11)17(18,19)20/h2-3,6,8,10,12,14-16,23H,4-5H2,1H3/t8-,10-,12-,14-,15+,16-/m1/s1. The molecule has 1 saturated heterocycles. The van der Waals surface area contributed by atoms with Crippen molar-refractivity contribution in [1.29, 1.82) is 5.26 Å². The second-order valence-corrected chi connectivity index (χ2v) is 9.39. The molecule has 0 radical (unpaired) electrons. The highest BCUT2D eigenvalue weighted by Gasteiger charge is 2.65. The Labute approximate surface area is 149 Å². The maximum absolute atomic E-state index is 13.3. The SMILES string of the molecule is C[C@@H]1[C@H]2[C@@H]3C[C@H](C[C@H]3O)[C@H]2S(=O)(=O)N1c1ccc(C#N)c(C(F)(F)F)c1. The van der Waals surface area contributed by atoms with E-state index in [0.717, 1.165) is 16.4 Å². The molecule has 2 saturated carbocycles. The molecule has 0 amide bonds. The maximum atomic E-state index is 13.3. The Morgan fingerprint density at radius 2 is 2.00 bits per heavy atom. The van der Waals surface area contributed by atoms with Crippen molar-refractivity contribution in [2.75, 3.05) is 4.31 Å². The summed E-state index contributed by atoms with van der Waals surface area (Å²) in [6.45, 7) is 1.68. The van der Waals surface area contributed by atoms with Crippen molar-refractivity contribution >= 4 is 15.7 Å². The second kappa shape index (κ2) is 5.36. The third-order valence-electron chi connectivity index (χ3n) is 6.18. The zero-order chi connectivity index (χ0) is 19.0. The number of hydrogen-bond donors (Lipinski definition) is 1. The fourth-order valence-corrected chi connectivity index (χ4v) is 8.11. The molecular weight excluding hydrogens is 369 g/mol. The minimum atomic E-state index is -4.75. The normalized spacial score (nSPS) is 37.6. The lowest BCUT2D eigenvalue weighted by Gasteiger charge is -2.29. The van der Waals surface area contributed by atoms with Crippen LogP contribution in [0.5, 0.6) is 0 Å². The number of alkyl halides is 3. The summed E-state index contributed by atoms with van der Waals surface area (Å²) in [7, 11) is -3.83. The van der Waals surface area contributed by atoms with Gasteiger partial charge in [-0.2, -0.15) is 18.4 Å². The summed E-state index contributed by atoms with van der Waals surface area (Å²) >= 11 is 0. The van der Waals surface area contributed by atoms with Crippen molar-refractivity contribution < 1.29 is 26.7 Å². The van der Waals surface area contributed by atoms with Crippen LogP contribution in [-0.4, -0.2) is 30.9 Å². The van der Waals surface area contributed by atoms with Crippen LogP contribution in [0.3, 0.4) is 0 Å². The average molecular weight is 386 g/mol. The number of aliphatic hydroxyl groups excluding tert-OH is 1. The van der Waals surface area contributed by atoms with Gasteiger partial charge in [0.25, 0.3) is 0 Å². The second-order valence-electron chi connectivity index (χ2n) is 7.43. The van der Waals surface area contributed by atoms with E-state index in [1.807, 2.05) is 0 Å². The van der Waals surface area contributed by atoms with Crippen LogP contribution in [0.2, 0.25) is 0 Å². The highest BCUT2D eigenvalue weighted by Crippen LogP contribution is 2.58. The highest BCUT2D eigenvalue weighted by molar-refractivity contribution is 7.93. The van der Waals surface area contributed by atoms with Crippen molar-refractivity contribution in [3.63, 3.8) is 0 Å². The van der Waals surface area contributed by atoms with Crippen molar-refractivity contribution in [3.8, 4) is 6.07 Å². The fourth-order valence-electron chi connectivity index (χ4n) is 5.30. The molecule has 6 atom stereocenters. The van der Waals surface area contributed by atoms with Gasteiger partial charge in [0.1, 0.15) is 0 Å². The molecule has 2 aliphatic carbocycles. The van der Waals surface area contributed by atoms with E-state index in [1.165, 1.54) is 12.1 Å². The summed E-state index contributed by atoms with van der Waals surface area (Å²) in [6.07, 6.45) is -4.23. The van der Waals surface area contributed by atoms with Crippen LogP contribution in [0, 0.1) is 29.1 Å². The zero-order valence-corrected chi connectivity index (χ0v) is 14.6. The van der Waals surface area contributed by atoms with Crippen LogP contribution in [0.15, 0.2) is 18.2 Å². The smallest absolute Gasteiger partial charge is 0.393 e. The number of hydrogen-bond acceptors (Lipinski definition) is 4. The number of aliphatic hydroxyl groups is 1. The number of sulfonamides is 1. The number of halogens is 3. The first kappa shape index (κ1) is 17.6. The Morgan fingerprint density at radius 1 is 1.31 bits per heavy atom. The quantitative estimate of drug-likeness (QED) is 0.804. The van der Waals surface area contributed by atoms with Gasteiger partial charge in [-0.15, -0.1) is 0 Å². The first-order valence-electron chi connectivity index (χ1n) is 8.40. The summed E-state index contributed by atoms with van der Waals surface area (Å²) in [4.78, 5) is 0. The Bertz CT molecular complexity index is 909. The predicted molar refractivity (Wildman–Crippen MR) is 86.5 cm³/mol. The Hall–Kier alpha value is -1.79. The molecule has 1 N–H and O–H groups in total.